The first kappa shape index (κ1) is 21.2. The van der Waals surface area contributed by atoms with Crippen molar-refractivity contribution in [2.24, 2.45) is 0 Å². The highest BCUT2D eigenvalue weighted by Crippen LogP contribution is 2.37. The lowest BCUT2D eigenvalue weighted by Gasteiger charge is -2.12. The zero-order valence-electron chi connectivity index (χ0n) is 18.2. The number of benzene rings is 2. The van der Waals surface area contributed by atoms with Crippen LogP contribution in [-0.2, 0) is 6.54 Å². The Morgan fingerprint density at radius 2 is 1.82 bits per heavy atom. The minimum atomic E-state index is -0.386. The lowest BCUT2D eigenvalue weighted by Crippen LogP contribution is -2.24. The molecule has 1 N–H and O–H groups in total. The summed E-state index contributed by atoms with van der Waals surface area (Å²) in [6, 6.07) is 17.9. The summed E-state index contributed by atoms with van der Waals surface area (Å²) >= 11 is 0. The van der Waals surface area contributed by atoms with Gasteiger partial charge in [-0.3, -0.25) is 9.78 Å². The molecule has 4 aromatic rings. The van der Waals surface area contributed by atoms with Gasteiger partial charge in [-0.25, -0.2) is 4.98 Å². The average Bonchev–Trinajstić information content (AvgIpc) is 3.36. The molecule has 9 heteroatoms. The van der Waals surface area contributed by atoms with Crippen molar-refractivity contribution in [3.05, 3.63) is 84.3 Å². The largest absolute Gasteiger partial charge is 0.497 e. The maximum Gasteiger partial charge on any atom is 0.258 e. The summed E-state index contributed by atoms with van der Waals surface area (Å²) in [5, 5.41) is 2.83. The van der Waals surface area contributed by atoms with Crippen molar-refractivity contribution >= 4 is 5.91 Å². The third-order valence-electron chi connectivity index (χ3n) is 5.06. The Bertz CT molecular complexity index is 1310. The van der Waals surface area contributed by atoms with Gasteiger partial charge in [-0.05, 0) is 48.5 Å². The first-order valence-corrected chi connectivity index (χ1v) is 10.5. The molecular formula is C25H20N4O5. The molecule has 0 bridgehead atoms. The number of nitrogens with one attached hydrogen (secondary N) is 1. The number of pyridine rings is 1. The van der Waals surface area contributed by atoms with E-state index in [0.717, 1.165) is 11.3 Å². The van der Waals surface area contributed by atoms with E-state index in [4.69, 9.17) is 18.9 Å². The maximum atomic E-state index is 13.0. The van der Waals surface area contributed by atoms with Crippen molar-refractivity contribution in [2.75, 3.05) is 13.9 Å². The second-order valence-electron chi connectivity index (χ2n) is 7.26. The maximum absolute atomic E-state index is 13.0. The third kappa shape index (κ3) is 4.58. The van der Waals surface area contributed by atoms with Crippen LogP contribution in [0.5, 0.6) is 28.9 Å². The average molecular weight is 456 g/mol. The molecule has 2 aromatic carbocycles. The van der Waals surface area contributed by atoms with Gasteiger partial charge in [-0.1, -0.05) is 6.07 Å². The van der Waals surface area contributed by atoms with Gasteiger partial charge in [0.15, 0.2) is 17.3 Å². The number of amides is 1. The minimum absolute atomic E-state index is 0.109. The lowest BCUT2D eigenvalue weighted by molar-refractivity contribution is 0.0947. The van der Waals surface area contributed by atoms with Gasteiger partial charge in [0, 0.05) is 24.0 Å². The van der Waals surface area contributed by atoms with Gasteiger partial charge in [-0.2, -0.15) is 4.98 Å². The van der Waals surface area contributed by atoms with Crippen LogP contribution < -0.4 is 24.3 Å². The fourth-order valence-corrected chi connectivity index (χ4v) is 3.30. The van der Waals surface area contributed by atoms with Crippen LogP contribution in [0, 0.1) is 0 Å². The fraction of sp³-hybridized carbons (Fsp3) is 0.120. The molecule has 1 amide bonds. The Morgan fingerprint density at radius 1 is 1.00 bits per heavy atom. The number of hydrogen-bond donors (Lipinski definition) is 1. The monoisotopic (exact) mass is 456 g/mol. The van der Waals surface area contributed by atoms with Gasteiger partial charge in [0.1, 0.15) is 17.1 Å². The van der Waals surface area contributed by atoms with Crippen LogP contribution in [-0.4, -0.2) is 34.8 Å². The summed E-state index contributed by atoms with van der Waals surface area (Å²) in [5.74, 6) is 2.47. The predicted molar refractivity (Wildman–Crippen MR) is 122 cm³/mol. The smallest absolute Gasteiger partial charge is 0.258 e. The number of fused-ring (bicyclic) bond motifs is 1. The predicted octanol–water partition coefficient (Wildman–Crippen LogP) is 4.00. The number of nitrogens with zero attached hydrogens (tertiary/aromatic N) is 3. The number of hydrogen-bond acceptors (Lipinski definition) is 8. The molecule has 2 aromatic heterocycles. The van der Waals surface area contributed by atoms with Crippen LogP contribution in [0.3, 0.4) is 0 Å². The SMILES string of the molecule is COc1ccc(-c2ncc(C(=O)NCc3ccccn3)c(Oc3ccc4c(c3)OCO4)n2)cc1. The van der Waals surface area contributed by atoms with Crippen LogP contribution in [0.2, 0.25) is 0 Å². The Kier molecular flexibility index (Phi) is 5.89. The van der Waals surface area contributed by atoms with Crippen molar-refractivity contribution in [3.8, 4) is 40.3 Å². The van der Waals surface area contributed by atoms with Gasteiger partial charge in [0.25, 0.3) is 5.91 Å². The fourth-order valence-electron chi connectivity index (χ4n) is 3.30. The number of carbonyl (C=O) groups is 1. The molecule has 0 fully saturated rings. The van der Waals surface area contributed by atoms with Crippen molar-refractivity contribution in [1.82, 2.24) is 20.3 Å². The Morgan fingerprint density at radius 3 is 2.62 bits per heavy atom. The quantitative estimate of drug-likeness (QED) is 0.445. The third-order valence-corrected chi connectivity index (χ3v) is 5.06. The summed E-state index contributed by atoms with van der Waals surface area (Å²) in [4.78, 5) is 26.1. The number of ether oxygens (including phenoxy) is 4. The van der Waals surface area contributed by atoms with Gasteiger partial charge < -0.3 is 24.3 Å². The molecule has 170 valence electrons. The molecule has 5 rings (SSSR count). The van der Waals surface area contributed by atoms with E-state index in [9.17, 15) is 4.79 Å². The standard InChI is InChI=1S/C25H20N4O5/c1-31-18-7-5-16(6-8-18)23-27-14-20(24(30)28-13-17-4-2-3-11-26-17)25(29-23)34-19-9-10-21-22(12-19)33-15-32-21/h2-12,14H,13,15H2,1H3,(H,28,30). The highest BCUT2D eigenvalue weighted by Gasteiger charge is 2.20. The molecule has 0 aliphatic carbocycles. The summed E-state index contributed by atoms with van der Waals surface area (Å²) in [5.41, 5.74) is 1.66. The topological polar surface area (TPSA) is 105 Å². The summed E-state index contributed by atoms with van der Waals surface area (Å²) in [6.45, 7) is 0.401. The van der Waals surface area contributed by atoms with Crippen LogP contribution >= 0.6 is 0 Å². The molecule has 34 heavy (non-hydrogen) atoms. The van der Waals surface area contributed by atoms with Gasteiger partial charge in [-0.15, -0.1) is 0 Å². The molecule has 0 saturated heterocycles. The second-order valence-corrected chi connectivity index (χ2v) is 7.26. The highest BCUT2D eigenvalue weighted by molar-refractivity contribution is 5.96. The Balaban J connectivity index is 1.45. The first-order valence-electron chi connectivity index (χ1n) is 10.5. The van der Waals surface area contributed by atoms with Crippen LogP contribution in [0.15, 0.2) is 73.1 Å². The number of aromatic nitrogens is 3. The van der Waals surface area contributed by atoms with Crippen LogP contribution in [0.25, 0.3) is 11.4 Å². The van der Waals surface area contributed by atoms with E-state index in [1.54, 1.807) is 31.5 Å². The normalized spacial score (nSPS) is 11.7. The van der Waals surface area contributed by atoms with E-state index >= 15 is 0 Å². The summed E-state index contributed by atoms with van der Waals surface area (Å²) < 4.78 is 22.0. The molecule has 0 spiro atoms. The van der Waals surface area contributed by atoms with Gasteiger partial charge in [0.05, 0.1) is 19.3 Å². The Hall–Kier alpha value is -4.66. The van der Waals surface area contributed by atoms with E-state index in [0.29, 0.717) is 28.8 Å². The molecule has 0 unspecified atom stereocenters. The molecule has 0 atom stereocenters. The summed E-state index contributed by atoms with van der Waals surface area (Å²) in [6.07, 6.45) is 3.12. The molecule has 3 heterocycles. The molecule has 1 aliphatic heterocycles. The van der Waals surface area contributed by atoms with Crippen LogP contribution in [0.1, 0.15) is 16.1 Å². The van der Waals surface area contributed by atoms with Gasteiger partial charge >= 0.3 is 0 Å². The lowest BCUT2D eigenvalue weighted by atomic mass is 10.2. The molecular weight excluding hydrogens is 436 g/mol. The first-order chi connectivity index (χ1) is 16.7. The number of methoxy groups -OCH3 is 1. The zero-order valence-corrected chi connectivity index (χ0v) is 18.2. The van der Waals surface area contributed by atoms with Crippen molar-refractivity contribution < 1.29 is 23.7 Å². The Labute approximate surface area is 195 Å². The van der Waals surface area contributed by atoms with Crippen molar-refractivity contribution in [2.45, 2.75) is 6.54 Å². The summed E-state index contributed by atoms with van der Waals surface area (Å²) in [7, 11) is 1.60. The van der Waals surface area contributed by atoms with E-state index in [1.807, 2.05) is 42.5 Å². The number of carbonyl (C=O) groups excluding carboxylic acids is 1. The molecule has 0 radical (unpaired) electrons. The zero-order chi connectivity index (χ0) is 23.3. The van der Waals surface area contributed by atoms with E-state index < -0.39 is 0 Å². The molecule has 9 nitrogen and oxygen atoms in total. The molecule has 0 saturated carbocycles. The minimum Gasteiger partial charge on any atom is -0.497 e. The molecule has 1 aliphatic rings. The van der Waals surface area contributed by atoms with Crippen molar-refractivity contribution in [3.63, 3.8) is 0 Å². The highest BCUT2D eigenvalue weighted by atomic mass is 16.7. The van der Waals surface area contributed by atoms with Crippen molar-refractivity contribution in [1.29, 1.82) is 0 Å². The van der Waals surface area contributed by atoms with E-state index in [2.05, 4.69) is 20.3 Å². The van der Waals surface area contributed by atoms with E-state index in [1.165, 1.54) is 6.20 Å². The second kappa shape index (κ2) is 9.45. The van der Waals surface area contributed by atoms with Gasteiger partial charge in [0.2, 0.25) is 12.7 Å². The van der Waals surface area contributed by atoms with Crippen LogP contribution in [0.4, 0.5) is 0 Å². The number of rotatable bonds is 7. The van der Waals surface area contributed by atoms with E-state index in [-0.39, 0.29) is 30.7 Å².